The number of hydrogen-bond acceptors (Lipinski definition) is 3. The molecule has 0 fully saturated rings. The van der Waals surface area contributed by atoms with Crippen LogP contribution in [-0.2, 0) is 36.0 Å². The van der Waals surface area contributed by atoms with Crippen LogP contribution in [0, 0.1) is 0 Å². The van der Waals surface area contributed by atoms with E-state index in [-0.39, 0.29) is 30.0 Å². The zero-order valence-corrected chi connectivity index (χ0v) is 23.9. The van der Waals surface area contributed by atoms with E-state index in [1.807, 2.05) is 36.4 Å². The fraction of sp³-hybridized carbons (Fsp3) is 0.412. The second-order valence-corrected chi connectivity index (χ2v) is 12.1. The molecule has 1 amide bonds. The molecular weight excluding hydrogens is 486 g/mol. The molecule has 0 saturated heterocycles. The van der Waals surface area contributed by atoms with Crippen LogP contribution in [0.1, 0.15) is 85.6 Å². The topological polar surface area (TPSA) is 66.8 Å². The number of carbonyl (C=O) groups is 2. The van der Waals surface area contributed by atoms with Gasteiger partial charge in [0.1, 0.15) is 17.9 Å². The molecule has 39 heavy (non-hydrogen) atoms. The van der Waals surface area contributed by atoms with Crippen molar-refractivity contribution in [3.05, 3.63) is 100 Å². The van der Waals surface area contributed by atoms with E-state index >= 15 is 0 Å². The normalized spacial score (nSPS) is 16.7. The molecule has 0 unspecified atom stereocenters. The molecule has 5 heteroatoms. The van der Waals surface area contributed by atoms with Crippen molar-refractivity contribution < 1.29 is 19.4 Å². The molecule has 3 aromatic carbocycles. The number of carboxylic acids is 1. The van der Waals surface area contributed by atoms with Crippen molar-refractivity contribution in [2.24, 2.45) is 0 Å². The van der Waals surface area contributed by atoms with Crippen molar-refractivity contribution in [3.8, 4) is 5.75 Å². The predicted octanol–water partition coefficient (Wildman–Crippen LogP) is 6.99. The molecule has 4 rings (SSSR count). The Balaban J connectivity index is 1.47. The van der Waals surface area contributed by atoms with Gasteiger partial charge in [0.05, 0.1) is 0 Å². The van der Waals surface area contributed by atoms with Crippen LogP contribution in [-0.4, -0.2) is 34.0 Å². The maximum atomic E-state index is 13.5. The Morgan fingerprint density at radius 3 is 2.21 bits per heavy atom. The van der Waals surface area contributed by atoms with E-state index in [1.54, 1.807) is 6.07 Å². The van der Waals surface area contributed by atoms with Crippen molar-refractivity contribution in [3.63, 3.8) is 0 Å². The summed E-state index contributed by atoms with van der Waals surface area (Å²) >= 11 is 0. The van der Waals surface area contributed by atoms with Gasteiger partial charge in [0.15, 0.2) is 0 Å². The first-order valence-electron chi connectivity index (χ1n) is 14.0. The lowest BCUT2D eigenvalue weighted by atomic mass is 9.86. The van der Waals surface area contributed by atoms with Gasteiger partial charge in [-0.1, -0.05) is 82.6 Å². The summed E-state index contributed by atoms with van der Waals surface area (Å²) in [5, 5.41) is 9.51. The lowest BCUT2D eigenvalue weighted by molar-refractivity contribution is -0.137. The minimum atomic E-state index is -1.03. The van der Waals surface area contributed by atoms with E-state index in [2.05, 4.69) is 58.9 Å². The Morgan fingerprint density at radius 2 is 1.59 bits per heavy atom. The van der Waals surface area contributed by atoms with Crippen LogP contribution < -0.4 is 4.74 Å². The van der Waals surface area contributed by atoms with E-state index in [0.717, 1.165) is 49.0 Å². The minimum Gasteiger partial charge on any atom is -0.487 e. The third kappa shape index (κ3) is 7.29. The monoisotopic (exact) mass is 527 g/mol. The summed E-state index contributed by atoms with van der Waals surface area (Å²) in [7, 11) is 0. The molecule has 0 aliphatic carbocycles. The molecule has 1 heterocycles. The number of aryl methyl sites for hydroxylation is 2. The number of aliphatic carboxylic acids is 1. The van der Waals surface area contributed by atoms with E-state index in [4.69, 9.17) is 4.74 Å². The Bertz CT molecular complexity index is 1300. The summed E-state index contributed by atoms with van der Waals surface area (Å²) < 4.78 is 6.48. The average molecular weight is 528 g/mol. The second-order valence-electron chi connectivity index (χ2n) is 12.1. The summed E-state index contributed by atoms with van der Waals surface area (Å²) in [4.78, 5) is 26.5. The van der Waals surface area contributed by atoms with Crippen LogP contribution in [0.25, 0.3) is 0 Å². The fourth-order valence-corrected chi connectivity index (χ4v) is 5.27. The highest BCUT2D eigenvalue weighted by Crippen LogP contribution is 2.36. The van der Waals surface area contributed by atoms with E-state index in [0.29, 0.717) is 5.56 Å². The molecule has 1 N–H and O–H groups in total. The van der Waals surface area contributed by atoms with Crippen LogP contribution in [0.2, 0.25) is 0 Å². The number of nitrogens with zero attached hydrogens (tertiary/aromatic N) is 1. The number of carbonyl (C=O) groups excluding carboxylic acids is 1. The van der Waals surface area contributed by atoms with Gasteiger partial charge in [0.25, 0.3) is 5.91 Å². The summed E-state index contributed by atoms with van der Waals surface area (Å²) in [5.74, 6) is -0.527. The molecule has 0 aromatic heterocycles. The highest BCUT2D eigenvalue weighted by atomic mass is 16.5. The second kappa shape index (κ2) is 11.6. The quantitative estimate of drug-likeness (QED) is 0.326. The number of amides is 1. The molecule has 0 spiro atoms. The highest BCUT2D eigenvalue weighted by molar-refractivity contribution is 5.96. The minimum absolute atomic E-state index is 0.0235. The van der Waals surface area contributed by atoms with Gasteiger partial charge in [-0.3, -0.25) is 9.59 Å². The van der Waals surface area contributed by atoms with Crippen molar-refractivity contribution >= 4 is 11.9 Å². The number of hydrogen-bond donors (Lipinski definition) is 1. The van der Waals surface area contributed by atoms with Crippen LogP contribution in [0.3, 0.4) is 0 Å². The Hall–Kier alpha value is -3.60. The smallest absolute Gasteiger partial charge is 0.323 e. The molecule has 0 saturated carbocycles. The van der Waals surface area contributed by atoms with Crippen molar-refractivity contribution in [1.29, 1.82) is 0 Å². The summed E-state index contributed by atoms with van der Waals surface area (Å²) in [5.41, 5.74) is 5.89. The molecule has 1 aliphatic heterocycles. The van der Waals surface area contributed by atoms with Gasteiger partial charge in [0.2, 0.25) is 0 Å². The summed E-state index contributed by atoms with van der Waals surface area (Å²) in [6.07, 6.45) is 4.69. The first-order chi connectivity index (χ1) is 18.5. The zero-order valence-electron chi connectivity index (χ0n) is 23.9. The largest absolute Gasteiger partial charge is 0.487 e. The van der Waals surface area contributed by atoms with Crippen molar-refractivity contribution in [2.45, 2.75) is 84.3 Å². The molecule has 1 atom stereocenters. The van der Waals surface area contributed by atoms with Crippen molar-refractivity contribution in [2.75, 3.05) is 6.54 Å². The number of carboxylic acid groups (broad SMARTS) is 1. The Labute approximate surface area is 232 Å². The predicted molar refractivity (Wildman–Crippen MR) is 155 cm³/mol. The maximum absolute atomic E-state index is 13.5. The van der Waals surface area contributed by atoms with Crippen LogP contribution >= 0.6 is 0 Å². The highest BCUT2D eigenvalue weighted by Gasteiger charge is 2.32. The van der Waals surface area contributed by atoms with Gasteiger partial charge < -0.3 is 14.7 Å². The summed E-state index contributed by atoms with van der Waals surface area (Å²) in [6, 6.07) is 22.3. The number of ether oxygens (including phenoxy) is 1. The van der Waals surface area contributed by atoms with Gasteiger partial charge in [0, 0.05) is 18.5 Å². The zero-order chi connectivity index (χ0) is 28.2. The third-order valence-electron chi connectivity index (χ3n) is 7.53. The van der Waals surface area contributed by atoms with Gasteiger partial charge >= 0.3 is 5.97 Å². The third-order valence-corrected chi connectivity index (χ3v) is 7.53. The van der Waals surface area contributed by atoms with E-state index < -0.39 is 5.97 Å². The lowest BCUT2D eigenvalue weighted by Gasteiger charge is -2.36. The SMILES string of the molecule is CCCc1ccc(C[C@]2(C)CCc3cc(C(=O)N(CC(=O)O)Cc4ccc(C(C)(C)C)cc4)ccc3O2)cc1. The van der Waals surface area contributed by atoms with Gasteiger partial charge in [-0.25, -0.2) is 0 Å². The molecule has 206 valence electrons. The van der Waals surface area contributed by atoms with Crippen LogP contribution in [0.4, 0.5) is 0 Å². The number of benzene rings is 3. The van der Waals surface area contributed by atoms with Gasteiger partial charge in [-0.15, -0.1) is 0 Å². The fourth-order valence-electron chi connectivity index (χ4n) is 5.27. The van der Waals surface area contributed by atoms with Crippen molar-refractivity contribution in [1.82, 2.24) is 4.90 Å². The van der Waals surface area contributed by atoms with E-state index in [9.17, 15) is 14.7 Å². The number of rotatable bonds is 9. The van der Waals surface area contributed by atoms with Crippen LogP contribution in [0.15, 0.2) is 66.7 Å². The lowest BCUT2D eigenvalue weighted by Crippen LogP contribution is -2.39. The van der Waals surface area contributed by atoms with E-state index in [1.165, 1.54) is 21.6 Å². The Morgan fingerprint density at radius 1 is 0.949 bits per heavy atom. The number of fused-ring (bicyclic) bond motifs is 1. The standard InChI is InChI=1S/C34H41NO4/c1-6-7-24-8-10-25(11-9-24)21-34(5)19-18-27-20-28(14-17-30(27)39-34)32(38)35(23-31(36)37)22-26-12-15-29(16-13-26)33(2,3)4/h8-17,20H,6-7,18-19,21-23H2,1-5H3,(H,36,37)/t34-/m0/s1. The molecular formula is C34H41NO4. The van der Waals surface area contributed by atoms with Gasteiger partial charge in [-0.2, -0.15) is 0 Å². The molecule has 1 aliphatic rings. The first kappa shape index (κ1) is 28.4. The Kier molecular flexibility index (Phi) is 8.48. The molecule has 0 bridgehead atoms. The first-order valence-corrected chi connectivity index (χ1v) is 14.0. The summed E-state index contributed by atoms with van der Waals surface area (Å²) in [6.45, 7) is 10.7. The molecule has 5 nitrogen and oxygen atoms in total. The average Bonchev–Trinajstić information content (AvgIpc) is 2.88. The molecule has 0 radical (unpaired) electrons. The molecule has 3 aromatic rings. The van der Waals surface area contributed by atoms with Crippen LogP contribution in [0.5, 0.6) is 5.75 Å². The van der Waals surface area contributed by atoms with Gasteiger partial charge in [-0.05, 0) is 77.6 Å². The maximum Gasteiger partial charge on any atom is 0.323 e.